The maximum absolute atomic E-state index is 12.6. The minimum atomic E-state index is -2.50. The van der Waals surface area contributed by atoms with Crippen molar-refractivity contribution in [3.63, 3.8) is 0 Å². The Bertz CT molecular complexity index is 3750. The fourth-order valence-corrected chi connectivity index (χ4v) is 9.38. The molecule has 0 amide bonds. The monoisotopic (exact) mass is 1110 g/mol. The molecule has 0 aliphatic carbocycles. The molecule has 356 valence electrons. The van der Waals surface area contributed by atoms with Crippen molar-refractivity contribution in [1.82, 2.24) is 14.5 Å². The van der Waals surface area contributed by atoms with Crippen LogP contribution in [0.3, 0.4) is 0 Å². The molecule has 0 bridgehead atoms. The van der Waals surface area contributed by atoms with Gasteiger partial charge in [-0.2, -0.15) is 0 Å². The molecule has 0 aliphatic rings. The van der Waals surface area contributed by atoms with Gasteiger partial charge in [0.05, 0.1) is 22.3 Å². The summed E-state index contributed by atoms with van der Waals surface area (Å²) in [5.41, 5.74) is 15.4. The largest absolute Gasteiger partial charge is 0.507 e. The smallest absolute Gasteiger partial charge is 0.148 e. The Morgan fingerprint density at radius 1 is 0.592 bits per heavy atom. The summed E-state index contributed by atoms with van der Waals surface area (Å²) < 4.78 is 47.5. The van der Waals surface area contributed by atoms with Gasteiger partial charge in [-0.05, 0) is 117 Å². The van der Waals surface area contributed by atoms with Crippen LogP contribution in [0.5, 0.6) is 5.75 Å². The maximum atomic E-state index is 12.6. The zero-order valence-electron chi connectivity index (χ0n) is 46.4. The van der Waals surface area contributed by atoms with Crippen molar-refractivity contribution < 1.29 is 33.0 Å². The van der Waals surface area contributed by atoms with Gasteiger partial charge in [0.1, 0.15) is 11.6 Å². The molecule has 0 aliphatic heterocycles. The Hall–Kier alpha value is -7.13. The van der Waals surface area contributed by atoms with Gasteiger partial charge in [0.15, 0.2) is 0 Å². The molecule has 10 rings (SSSR count). The summed E-state index contributed by atoms with van der Waals surface area (Å²) in [7, 11) is 0. The molecular weight excluding hydrogens is 1050 g/mol. The molecule has 1 N–H and O–H groups in total. The molecule has 2 aromatic heterocycles. The zero-order valence-corrected chi connectivity index (χ0v) is 43.7. The molecule has 8 aromatic carbocycles. The number of nitrogens with zero attached hydrogens (tertiary/aromatic N) is 3. The summed E-state index contributed by atoms with van der Waals surface area (Å²) in [5.74, 6) is -2.16. The van der Waals surface area contributed by atoms with Gasteiger partial charge in [-0.3, -0.25) is 9.55 Å². The standard InChI is InChI=1S/C66H60N3O.Pt/c1-41(2)50-37-56(42(3)4)64(70)59(38-50)65-68-63-55(52-34-51(45-17-12-10-13-18-45)35-53(36-52)60-39-49(31-32-67-60)46-25-23-43(5)24-26-46)21-16-22-61(63)69(65)62-40-57(47-19-14-11-15-20-47)44(6)33-58(62)48-27-29-54(30-28-48)66(7,8)9;/h10-35,37-42,70H,1-9H3;/q-1;/i6D3,41D,42D;. The number of aryl methyl sites for hydroxylation is 2. The van der Waals surface area contributed by atoms with Crippen molar-refractivity contribution in [3.8, 4) is 89.7 Å². The van der Waals surface area contributed by atoms with Gasteiger partial charge in [0.25, 0.3) is 0 Å². The van der Waals surface area contributed by atoms with Crippen LogP contribution in [0, 0.1) is 19.8 Å². The number of hydrogen-bond donors (Lipinski definition) is 1. The van der Waals surface area contributed by atoms with E-state index in [-0.39, 0.29) is 37.8 Å². The van der Waals surface area contributed by atoms with Gasteiger partial charge in [0.2, 0.25) is 0 Å². The van der Waals surface area contributed by atoms with E-state index in [1.165, 1.54) is 5.56 Å². The summed E-state index contributed by atoms with van der Waals surface area (Å²) in [6, 6.07) is 62.0. The Kier molecular flexibility index (Phi) is 12.0. The molecule has 2 heterocycles. The van der Waals surface area contributed by atoms with E-state index in [0.29, 0.717) is 50.4 Å². The predicted molar refractivity (Wildman–Crippen MR) is 294 cm³/mol. The number of fused-ring (bicyclic) bond motifs is 1. The minimum Gasteiger partial charge on any atom is -0.507 e. The van der Waals surface area contributed by atoms with E-state index in [0.717, 1.165) is 61.3 Å². The third-order valence-electron chi connectivity index (χ3n) is 13.4. The quantitative estimate of drug-likeness (QED) is 0.139. The molecule has 5 heteroatoms. The third-order valence-corrected chi connectivity index (χ3v) is 13.4. The molecule has 4 nitrogen and oxygen atoms in total. The number of benzene rings is 8. The van der Waals surface area contributed by atoms with Crippen molar-refractivity contribution in [2.24, 2.45) is 0 Å². The second-order valence-corrected chi connectivity index (χ2v) is 19.8. The molecule has 71 heavy (non-hydrogen) atoms. The van der Waals surface area contributed by atoms with Crippen LogP contribution in [-0.2, 0) is 26.5 Å². The van der Waals surface area contributed by atoms with Crippen molar-refractivity contribution in [2.45, 2.75) is 79.4 Å². The molecular formula is C66H60N3OPt-. The number of hydrogen-bond acceptors (Lipinski definition) is 3. The van der Waals surface area contributed by atoms with E-state index >= 15 is 0 Å². The Morgan fingerprint density at radius 2 is 1.24 bits per heavy atom. The first-order chi connectivity index (χ1) is 35.5. The fraction of sp³-hybridized carbons (Fsp3) is 0.182. The summed E-state index contributed by atoms with van der Waals surface area (Å²) in [5, 5.41) is 12.6. The van der Waals surface area contributed by atoms with Crippen LogP contribution >= 0.6 is 0 Å². The molecule has 0 fully saturated rings. The second-order valence-electron chi connectivity index (χ2n) is 19.8. The van der Waals surface area contributed by atoms with E-state index in [4.69, 9.17) is 14.1 Å². The summed E-state index contributed by atoms with van der Waals surface area (Å²) in [6.45, 7) is 13.1. The molecule has 0 unspecified atom stereocenters. The van der Waals surface area contributed by atoms with Crippen LogP contribution in [0.4, 0.5) is 0 Å². The van der Waals surface area contributed by atoms with E-state index in [2.05, 4.69) is 100 Å². The van der Waals surface area contributed by atoms with Crippen molar-refractivity contribution in [2.75, 3.05) is 0 Å². The normalized spacial score (nSPS) is 13.2. The van der Waals surface area contributed by atoms with Gasteiger partial charge >= 0.3 is 0 Å². The summed E-state index contributed by atoms with van der Waals surface area (Å²) in [4.78, 5) is 10.5. The van der Waals surface area contributed by atoms with Gasteiger partial charge in [-0.25, -0.2) is 4.98 Å². The number of imidazole rings is 1. The van der Waals surface area contributed by atoms with Crippen molar-refractivity contribution in [3.05, 3.63) is 216 Å². The van der Waals surface area contributed by atoms with E-state index in [9.17, 15) is 7.85 Å². The zero-order chi connectivity index (χ0) is 53.2. The van der Waals surface area contributed by atoms with Crippen LogP contribution in [0.25, 0.3) is 95.0 Å². The van der Waals surface area contributed by atoms with E-state index < -0.39 is 18.6 Å². The molecule has 0 spiro atoms. The molecule has 0 saturated carbocycles. The topological polar surface area (TPSA) is 50.9 Å². The number of rotatable bonds is 10. The first-order valence-electron chi connectivity index (χ1n) is 26.4. The first-order valence-corrected chi connectivity index (χ1v) is 23.9. The van der Waals surface area contributed by atoms with Gasteiger partial charge in [-0.1, -0.05) is 204 Å². The molecule has 0 atom stereocenters. The van der Waals surface area contributed by atoms with Crippen LogP contribution in [-0.4, -0.2) is 19.6 Å². The van der Waals surface area contributed by atoms with Crippen molar-refractivity contribution in [1.29, 1.82) is 0 Å². The average Bonchev–Trinajstić information content (AvgIpc) is 3.79. The number of phenols is 1. The molecule has 10 aromatic rings. The van der Waals surface area contributed by atoms with E-state index in [1.807, 2.05) is 108 Å². The Labute approximate surface area is 441 Å². The van der Waals surface area contributed by atoms with Crippen LogP contribution in [0.2, 0.25) is 0 Å². The van der Waals surface area contributed by atoms with Gasteiger partial charge < -0.3 is 5.11 Å². The number of phenolic OH excluding ortho intramolecular Hbond substituents is 1. The Balaban J connectivity index is 0.00000706. The predicted octanol–water partition coefficient (Wildman–Crippen LogP) is 17.8. The van der Waals surface area contributed by atoms with Gasteiger partial charge in [-0.15, -0.1) is 23.8 Å². The maximum Gasteiger partial charge on any atom is 0.148 e. The minimum absolute atomic E-state index is 0. The number of aromatic hydroxyl groups is 1. The SMILES string of the molecule is [2H]C([2H])([2H])c1cc(-c2ccc(C(C)(C)C)cc2)c(-n2c(-c3cc(C([2H])(C)C)cc(C([2H])(C)C)c3O)nc3c(-c4[c-]c(-c5cc(-c6ccc(C)cc6)ccn5)cc(-c5ccccc5)c4)cccc32)cc1-c1ccccc1.[Pt]. The first kappa shape index (κ1) is 42.7. The summed E-state index contributed by atoms with van der Waals surface area (Å²) in [6.07, 6.45) is 1.84. The van der Waals surface area contributed by atoms with Crippen LogP contribution in [0.15, 0.2) is 182 Å². The Morgan fingerprint density at radius 3 is 1.90 bits per heavy atom. The molecule has 0 saturated heterocycles. The second kappa shape index (κ2) is 19.9. The number of pyridine rings is 1. The molecule has 0 radical (unpaired) electrons. The number of aromatic nitrogens is 3. The van der Waals surface area contributed by atoms with Crippen LogP contribution < -0.4 is 0 Å². The third kappa shape index (κ3) is 9.71. The van der Waals surface area contributed by atoms with Crippen molar-refractivity contribution >= 4 is 11.0 Å². The van der Waals surface area contributed by atoms with Gasteiger partial charge in [0, 0.05) is 45.4 Å². The van der Waals surface area contributed by atoms with E-state index in [1.54, 1.807) is 39.8 Å². The average molecular weight is 1110 g/mol. The summed E-state index contributed by atoms with van der Waals surface area (Å²) >= 11 is 0. The fourth-order valence-electron chi connectivity index (χ4n) is 9.38. The van der Waals surface area contributed by atoms with Crippen LogP contribution in [0.1, 0.15) is 94.9 Å². The number of para-hydroxylation sites is 1.